The lowest BCUT2D eigenvalue weighted by Gasteiger charge is -2.22. The van der Waals surface area contributed by atoms with Crippen molar-refractivity contribution in [3.8, 4) is 0 Å². The molecule has 1 rings (SSSR count). The van der Waals surface area contributed by atoms with E-state index in [2.05, 4.69) is 13.0 Å². The SMILES string of the molecule is C/C(=C\CCOS(C)(=O)=O)C1CCCCC1. The van der Waals surface area contributed by atoms with Crippen LogP contribution in [0.25, 0.3) is 0 Å². The summed E-state index contributed by atoms with van der Waals surface area (Å²) < 4.78 is 26.2. The fourth-order valence-electron chi connectivity index (χ4n) is 2.21. The zero-order valence-corrected chi connectivity index (χ0v) is 11.1. The molecule has 1 fully saturated rings. The highest BCUT2D eigenvalue weighted by molar-refractivity contribution is 7.85. The van der Waals surface area contributed by atoms with Crippen molar-refractivity contribution < 1.29 is 12.6 Å². The van der Waals surface area contributed by atoms with Gasteiger partial charge in [-0.05, 0) is 32.1 Å². The van der Waals surface area contributed by atoms with Crippen molar-refractivity contribution in [2.75, 3.05) is 12.9 Å². The maximum Gasteiger partial charge on any atom is 0.264 e. The molecule has 3 nitrogen and oxygen atoms in total. The van der Waals surface area contributed by atoms with Crippen LogP contribution in [-0.4, -0.2) is 21.3 Å². The van der Waals surface area contributed by atoms with E-state index in [0.717, 1.165) is 6.26 Å². The molecule has 4 heteroatoms. The molecule has 0 N–H and O–H groups in total. The molecule has 0 bridgehead atoms. The number of rotatable bonds is 5. The molecule has 94 valence electrons. The van der Waals surface area contributed by atoms with Crippen LogP contribution in [-0.2, 0) is 14.3 Å². The number of hydrogen-bond acceptors (Lipinski definition) is 3. The molecule has 0 heterocycles. The van der Waals surface area contributed by atoms with Gasteiger partial charge in [0.15, 0.2) is 0 Å². The molecule has 0 aromatic heterocycles. The van der Waals surface area contributed by atoms with Crippen LogP contribution < -0.4 is 0 Å². The van der Waals surface area contributed by atoms with E-state index in [1.807, 2.05) is 0 Å². The molecular weight excluding hydrogens is 224 g/mol. The minimum Gasteiger partial charge on any atom is -0.270 e. The molecule has 0 aromatic rings. The summed E-state index contributed by atoms with van der Waals surface area (Å²) in [4.78, 5) is 0. The maximum absolute atomic E-state index is 10.7. The van der Waals surface area contributed by atoms with Crippen molar-refractivity contribution in [2.45, 2.75) is 45.4 Å². The fourth-order valence-corrected chi connectivity index (χ4v) is 2.61. The fraction of sp³-hybridized carbons (Fsp3) is 0.833. The summed E-state index contributed by atoms with van der Waals surface area (Å²) in [6.07, 6.45) is 10.5. The van der Waals surface area contributed by atoms with E-state index in [-0.39, 0.29) is 6.61 Å². The normalized spacial score (nSPS) is 20.0. The highest BCUT2D eigenvalue weighted by Crippen LogP contribution is 2.29. The van der Waals surface area contributed by atoms with Gasteiger partial charge < -0.3 is 0 Å². The van der Waals surface area contributed by atoms with E-state index >= 15 is 0 Å². The Bertz CT molecular complexity index is 324. The van der Waals surface area contributed by atoms with Crippen molar-refractivity contribution in [3.63, 3.8) is 0 Å². The number of hydrogen-bond donors (Lipinski definition) is 0. The van der Waals surface area contributed by atoms with Gasteiger partial charge in [-0.15, -0.1) is 0 Å². The van der Waals surface area contributed by atoms with Crippen LogP contribution >= 0.6 is 0 Å². The van der Waals surface area contributed by atoms with E-state index in [1.165, 1.54) is 37.7 Å². The Labute approximate surface area is 99.0 Å². The Morgan fingerprint density at radius 2 is 1.94 bits per heavy atom. The molecule has 0 aliphatic heterocycles. The molecule has 0 saturated heterocycles. The zero-order chi connectivity index (χ0) is 12.0. The third-order valence-electron chi connectivity index (χ3n) is 3.13. The highest BCUT2D eigenvalue weighted by atomic mass is 32.2. The average Bonchev–Trinajstić information content (AvgIpc) is 2.24. The topological polar surface area (TPSA) is 43.4 Å². The van der Waals surface area contributed by atoms with Gasteiger partial charge in [-0.1, -0.05) is 30.9 Å². The van der Waals surface area contributed by atoms with Crippen LogP contribution in [0.3, 0.4) is 0 Å². The van der Waals surface area contributed by atoms with Gasteiger partial charge in [0.2, 0.25) is 0 Å². The molecule has 0 radical (unpaired) electrons. The summed E-state index contributed by atoms with van der Waals surface area (Å²) >= 11 is 0. The summed E-state index contributed by atoms with van der Waals surface area (Å²) in [5.41, 5.74) is 1.40. The van der Waals surface area contributed by atoms with Gasteiger partial charge in [0.1, 0.15) is 0 Å². The summed E-state index contributed by atoms with van der Waals surface area (Å²) in [6, 6.07) is 0. The molecule has 16 heavy (non-hydrogen) atoms. The van der Waals surface area contributed by atoms with Crippen molar-refractivity contribution in [1.82, 2.24) is 0 Å². The number of allylic oxidation sites excluding steroid dienone is 1. The Morgan fingerprint density at radius 3 is 2.50 bits per heavy atom. The maximum atomic E-state index is 10.7. The van der Waals surface area contributed by atoms with Crippen LogP contribution in [0.15, 0.2) is 11.6 Å². The van der Waals surface area contributed by atoms with Gasteiger partial charge >= 0.3 is 0 Å². The summed E-state index contributed by atoms with van der Waals surface area (Å²) in [5, 5.41) is 0. The minimum absolute atomic E-state index is 0.267. The van der Waals surface area contributed by atoms with E-state index in [4.69, 9.17) is 4.18 Å². The minimum atomic E-state index is -3.28. The first-order valence-corrected chi connectivity index (χ1v) is 7.82. The monoisotopic (exact) mass is 246 g/mol. The molecule has 1 aliphatic carbocycles. The first-order chi connectivity index (χ1) is 7.49. The van der Waals surface area contributed by atoms with Crippen LogP contribution in [0.1, 0.15) is 45.4 Å². The molecule has 0 atom stereocenters. The predicted molar refractivity (Wildman–Crippen MR) is 65.7 cm³/mol. The van der Waals surface area contributed by atoms with Crippen LogP contribution in [0, 0.1) is 5.92 Å². The van der Waals surface area contributed by atoms with Crippen molar-refractivity contribution in [3.05, 3.63) is 11.6 Å². The van der Waals surface area contributed by atoms with E-state index in [1.54, 1.807) is 0 Å². The molecule has 0 amide bonds. The molecule has 1 aliphatic rings. The Balaban J connectivity index is 2.27. The lowest BCUT2D eigenvalue weighted by molar-refractivity contribution is 0.327. The van der Waals surface area contributed by atoms with Crippen LogP contribution in [0.2, 0.25) is 0 Å². The second kappa shape index (κ2) is 6.40. The third kappa shape index (κ3) is 5.66. The lowest BCUT2D eigenvalue weighted by atomic mass is 9.84. The Morgan fingerprint density at radius 1 is 1.31 bits per heavy atom. The third-order valence-corrected chi connectivity index (χ3v) is 3.73. The van der Waals surface area contributed by atoms with Crippen LogP contribution in [0.5, 0.6) is 0 Å². The summed E-state index contributed by atoms with van der Waals surface area (Å²) in [7, 11) is -3.28. The Hall–Kier alpha value is -0.350. The van der Waals surface area contributed by atoms with Gasteiger partial charge in [-0.25, -0.2) is 0 Å². The van der Waals surface area contributed by atoms with Gasteiger partial charge in [0.05, 0.1) is 12.9 Å². The smallest absolute Gasteiger partial charge is 0.264 e. The van der Waals surface area contributed by atoms with Gasteiger partial charge in [-0.2, -0.15) is 8.42 Å². The quantitative estimate of drug-likeness (QED) is 0.425. The predicted octanol–water partition coefficient (Wildman–Crippen LogP) is 2.88. The molecule has 0 aromatic carbocycles. The van der Waals surface area contributed by atoms with Gasteiger partial charge in [0, 0.05) is 0 Å². The summed E-state index contributed by atoms with van der Waals surface area (Å²) in [5.74, 6) is 0.715. The van der Waals surface area contributed by atoms with Crippen molar-refractivity contribution >= 4 is 10.1 Å². The van der Waals surface area contributed by atoms with E-state index in [0.29, 0.717) is 12.3 Å². The molecule has 1 saturated carbocycles. The first-order valence-electron chi connectivity index (χ1n) is 6.00. The molecular formula is C12H22O3S. The first kappa shape index (κ1) is 13.7. The largest absolute Gasteiger partial charge is 0.270 e. The van der Waals surface area contributed by atoms with Gasteiger partial charge in [-0.3, -0.25) is 4.18 Å². The molecule has 0 spiro atoms. The summed E-state index contributed by atoms with van der Waals surface area (Å²) in [6.45, 7) is 2.42. The zero-order valence-electron chi connectivity index (χ0n) is 10.2. The van der Waals surface area contributed by atoms with E-state index in [9.17, 15) is 8.42 Å². The van der Waals surface area contributed by atoms with Crippen LogP contribution in [0.4, 0.5) is 0 Å². The highest BCUT2D eigenvalue weighted by Gasteiger charge is 2.14. The standard InChI is InChI=1S/C12H22O3S/c1-11(12-8-4-3-5-9-12)7-6-10-15-16(2,13)14/h7,12H,3-6,8-10H2,1-2H3/b11-7+. The molecule has 0 unspecified atom stereocenters. The van der Waals surface area contributed by atoms with Crippen molar-refractivity contribution in [1.29, 1.82) is 0 Å². The van der Waals surface area contributed by atoms with Crippen molar-refractivity contribution in [2.24, 2.45) is 5.92 Å². The second-order valence-electron chi connectivity index (χ2n) is 4.60. The second-order valence-corrected chi connectivity index (χ2v) is 6.24. The van der Waals surface area contributed by atoms with E-state index < -0.39 is 10.1 Å². The average molecular weight is 246 g/mol. The Kier molecular flexibility index (Phi) is 5.49. The lowest BCUT2D eigenvalue weighted by Crippen LogP contribution is -2.08. The van der Waals surface area contributed by atoms with Gasteiger partial charge in [0.25, 0.3) is 10.1 Å².